The normalized spacial score (nSPS) is 12.4. The standard InChI is InChI=1S/C27H28F3INO2P/c1-26(2,3)15-11-14(23(33)16(12-15)27(4,5)6)13-32-17-9-7-8-10-18(17)34-24-19(28)20(29)25(35)21(30)22(24)31/h7-13,33H,35H2,1-6H3. The van der Waals surface area contributed by atoms with Crippen LogP contribution in [0.3, 0.4) is 0 Å². The van der Waals surface area contributed by atoms with Gasteiger partial charge in [-0.15, -0.1) is 0 Å². The molecule has 0 amide bonds. The number of phenols is 1. The highest BCUT2D eigenvalue weighted by Crippen LogP contribution is 2.39. The van der Waals surface area contributed by atoms with Crippen LogP contribution < -0.4 is 10.0 Å². The SMILES string of the molecule is CC(C)(C)c1cc(C=Nc2ccccc2Oc2c(F)c(F)c(P)c(F)c2I)c(O)c(C(C)(C)C)c1. The van der Waals surface area contributed by atoms with E-state index in [1.165, 1.54) is 12.3 Å². The minimum absolute atomic E-state index is 0.110. The highest BCUT2D eigenvalue weighted by molar-refractivity contribution is 14.1. The topological polar surface area (TPSA) is 41.8 Å². The number of aliphatic imine (C=N–C) groups is 1. The molecule has 0 heterocycles. The molecule has 1 atom stereocenters. The summed E-state index contributed by atoms with van der Waals surface area (Å²) in [4.78, 5) is 4.48. The van der Waals surface area contributed by atoms with Crippen LogP contribution in [0.5, 0.6) is 17.2 Å². The third kappa shape index (κ3) is 5.83. The van der Waals surface area contributed by atoms with Crippen LogP contribution in [0, 0.1) is 21.0 Å². The lowest BCUT2D eigenvalue weighted by Crippen LogP contribution is -2.17. The molecule has 1 N–H and O–H groups in total. The van der Waals surface area contributed by atoms with Gasteiger partial charge in [-0.2, -0.15) is 4.39 Å². The van der Waals surface area contributed by atoms with Crippen LogP contribution in [0.1, 0.15) is 58.2 Å². The second-order valence-electron chi connectivity index (χ2n) is 10.3. The van der Waals surface area contributed by atoms with Crippen LogP contribution in [0.15, 0.2) is 41.4 Å². The molecule has 0 aromatic heterocycles. The van der Waals surface area contributed by atoms with Crippen LogP contribution >= 0.6 is 31.8 Å². The molecule has 0 aliphatic rings. The van der Waals surface area contributed by atoms with Crippen LogP contribution in [-0.4, -0.2) is 11.3 Å². The van der Waals surface area contributed by atoms with Crippen molar-refractivity contribution in [3.63, 3.8) is 0 Å². The summed E-state index contributed by atoms with van der Waals surface area (Å²) in [7, 11) is 1.86. The number of para-hydroxylation sites is 2. The Labute approximate surface area is 220 Å². The summed E-state index contributed by atoms with van der Waals surface area (Å²) in [5, 5.41) is 10.5. The molecule has 0 aliphatic heterocycles. The van der Waals surface area contributed by atoms with E-state index in [1.54, 1.807) is 40.8 Å². The first-order valence-corrected chi connectivity index (χ1v) is 12.6. The van der Waals surface area contributed by atoms with E-state index in [1.807, 2.05) is 42.1 Å². The maximum Gasteiger partial charge on any atom is 0.203 e. The zero-order valence-corrected chi connectivity index (χ0v) is 23.7. The van der Waals surface area contributed by atoms with E-state index in [9.17, 15) is 18.3 Å². The smallest absolute Gasteiger partial charge is 0.203 e. The van der Waals surface area contributed by atoms with Crippen molar-refractivity contribution in [1.82, 2.24) is 0 Å². The van der Waals surface area contributed by atoms with Gasteiger partial charge in [-0.3, -0.25) is 4.99 Å². The fourth-order valence-electron chi connectivity index (χ4n) is 3.38. The van der Waals surface area contributed by atoms with Crippen molar-refractivity contribution in [2.24, 2.45) is 4.99 Å². The predicted molar refractivity (Wildman–Crippen MR) is 148 cm³/mol. The second kappa shape index (κ2) is 10.1. The fraction of sp³-hybridized carbons (Fsp3) is 0.296. The molecule has 8 heteroatoms. The van der Waals surface area contributed by atoms with E-state index in [-0.39, 0.29) is 25.9 Å². The first kappa shape index (κ1) is 27.5. The number of hydrogen-bond acceptors (Lipinski definition) is 3. The summed E-state index contributed by atoms with van der Waals surface area (Å²) in [6, 6.07) is 10.4. The van der Waals surface area contributed by atoms with Gasteiger partial charge in [-0.1, -0.05) is 69.0 Å². The van der Waals surface area contributed by atoms with Gasteiger partial charge in [0.2, 0.25) is 5.82 Å². The Hall–Kier alpha value is -2.12. The Morgan fingerprint density at radius 1 is 0.943 bits per heavy atom. The maximum atomic E-state index is 14.6. The number of phenolic OH excluding ortho intramolecular Hbond substituents is 1. The first-order chi connectivity index (χ1) is 16.1. The molecule has 0 saturated heterocycles. The summed E-state index contributed by atoms with van der Waals surface area (Å²) in [6.07, 6.45) is 1.51. The van der Waals surface area contributed by atoms with Gasteiger partial charge in [-0.25, -0.2) is 8.78 Å². The third-order valence-electron chi connectivity index (χ3n) is 5.49. The van der Waals surface area contributed by atoms with Crippen molar-refractivity contribution >= 4 is 49.0 Å². The summed E-state index contributed by atoms with van der Waals surface area (Å²) < 4.78 is 48.5. The van der Waals surface area contributed by atoms with Crippen molar-refractivity contribution in [2.45, 2.75) is 52.4 Å². The lowest BCUT2D eigenvalue weighted by Gasteiger charge is -2.27. The van der Waals surface area contributed by atoms with Gasteiger partial charge < -0.3 is 9.84 Å². The maximum absolute atomic E-state index is 14.6. The van der Waals surface area contributed by atoms with Crippen molar-refractivity contribution in [2.75, 3.05) is 0 Å². The number of hydrogen-bond donors (Lipinski definition) is 1. The Bertz CT molecular complexity index is 1280. The number of ether oxygens (including phenoxy) is 1. The summed E-state index contributed by atoms with van der Waals surface area (Å²) in [6.45, 7) is 12.3. The molecule has 3 nitrogen and oxygen atoms in total. The monoisotopic (exact) mass is 613 g/mol. The molecular formula is C27H28F3INO2P. The summed E-state index contributed by atoms with van der Waals surface area (Å²) in [5.41, 5.74) is 2.17. The molecule has 3 aromatic carbocycles. The molecule has 3 rings (SSSR count). The molecule has 0 fully saturated rings. The van der Waals surface area contributed by atoms with Crippen molar-refractivity contribution in [3.05, 3.63) is 74.1 Å². The zero-order chi connectivity index (χ0) is 26.3. The summed E-state index contributed by atoms with van der Waals surface area (Å²) >= 11 is 1.58. The molecular weight excluding hydrogens is 585 g/mol. The molecule has 3 aromatic rings. The van der Waals surface area contributed by atoms with Gasteiger partial charge in [0.15, 0.2) is 23.1 Å². The van der Waals surface area contributed by atoms with Crippen molar-refractivity contribution in [1.29, 1.82) is 0 Å². The number of aromatic hydroxyl groups is 1. The first-order valence-electron chi connectivity index (χ1n) is 10.9. The largest absolute Gasteiger partial charge is 0.507 e. The van der Waals surface area contributed by atoms with Gasteiger partial charge in [0, 0.05) is 22.6 Å². The Balaban J connectivity index is 2.09. The lowest BCUT2D eigenvalue weighted by molar-refractivity contribution is 0.408. The molecule has 0 aliphatic carbocycles. The predicted octanol–water partition coefficient (Wildman–Crippen LogP) is 8.05. The average Bonchev–Trinajstić information content (AvgIpc) is 2.77. The van der Waals surface area contributed by atoms with E-state index < -0.39 is 28.5 Å². The quantitative estimate of drug-likeness (QED) is 0.140. The fourth-order valence-corrected chi connectivity index (χ4v) is 4.58. The van der Waals surface area contributed by atoms with Crippen molar-refractivity contribution < 1.29 is 23.0 Å². The number of benzene rings is 3. The zero-order valence-electron chi connectivity index (χ0n) is 20.4. The Morgan fingerprint density at radius 3 is 2.17 bits per heavy atom. The van der Waals surface area contributed by atoms with Gasteiger partial charge in [0.05, 0.1) is 3.57 Å². The van der Waals surface area contributed by atoms with Crippen LogP contribution in [0.4, 0.5) is 18.9 Å². The minimum Gasteiger partial charge on any atom is -0.507 e. The van der Waals surface area contributed by atoms with E-state index in [4.69, 9.17) is 4.74 Å². The third-order valence-corrected chi connectivity index (χ3v) is 6.96. The lowest BCUT2D eigenvalue weighted by atomic mass is 9.79. The Morgan fingerprint density at radius 2 is 1.57 bits per heavy atom. The average molecular weight is 613 g/mol. The molecule has 0 spiro atoms. The molecule has 1 unspecified atom stereocenters. The van der Waals surface area contributed by atoms with Gasteiger partial charge in [0.25, 0.3) is 0 Å². The van der Waals surface area contributed by atoms with E-state index in [2.05, 4.69) is 25.8 Å². The highest BCUT2D eigenvalue weighted by Gasteiger charge is 2.25. The second-order valence-corrected chi connectivity index (χ2v) is 11.9. The molecule has 0 bridgehead atoms. The number of halogens is 4. The molecule has 0 radical (unpaired) electrons. The van der Waals surface area contributed by atoms with Gasteiger partial charge in [0.1, 0.15) is 11.4 Å². The van der Waals surface area contributed by atoms with E-state index in [0.29, 0.717) is 11.3 Å². The minimum atomic E-state index is -1.33. The highest BCUT2D eigenvalue weighted by atomic mass is 127. The van der Waals surface area contributed by atoms with E-state index >= 15 is 0 Å². The van der Waals surface area contributed by atoms with Crippen molar-refractivity contribution in [3.8, 4) is 17.2 Å². The number of rotatable bonds is 4. The molecule has 35 heavy (non-hydrogen) atoms. The van der Waals surface area contributed by atoms with Gasteiger partial charge >= 0.3 is 0 Å². The Kier molecular flexibility index (Phi) is 7.92. The number of nitrogens with zero attached hydrogens (tertiary/aromatic N) is 1. The molecule has 0 saturated carbocycles. The summed E-state index contributed by atoms with van der Waals surface area (Å²) in [5.74, 6) is -3.86. The van der Waals surface area contributed by atoms with Gasteiger partial charge in [-0.05, 0) is 57.2 Å². The van der Waals surface area contributed by atoms with Crippen LogP contribution in [-0.2, 0) is 10.8 Å². The van der Waals surface area contributed by atoms with Crippen LogP contribution in [0.25, 0.3) is 0 Å². The van der Waals surface area contributed by atoms with E-state index in [0.717, 1.165) is 11.1 Å². The van der Waals surface area contributed by atoms with Crippen LogP contribution in [0.2, 0.25) is 0 Å². The molecule has 186 valence electrons.